The van der Waals surface area contributed by atoms with Crippen LogP contribution in [0, 0.1) is 6.92 Å². The summed E-state index contributed by atoms with van der Waals surface area (Å²) in [5.41, 5.74) is 0.927. The first kappa shape index (κ1) is 18.2. The molecule has 10 nitrogen and oxygen atoms in total. The highest BCUT2D eigenvalue weighted by molar-refractivity contribution is 5.63. The van der Waals surface area contributed by atoms with Crippen molar-refractivity contribution in [3.05, 3.63) is 42.7 Å². The Morgan fingerprint density at radius 2 is 1.97 bits per heavy atom. The van der Waals surface area contributed by atoms with Crippen LogP contribution in [0.5, 0.6) is 0 Å². The second-order valence-corrected chi connectivity index (χ2v) is 8.05. The fraction of sp³-hybridized carbons (Fsp3) is 0.429. The Hall–Kier alpha value is -3.56. The van der Waals surface area contributed by atoms with Crippen molar-refractivity contribution in [2.45, 2.75) is 58.0 Å². The topological polar surface area (TPSA) is 104 Å². The molecule has 31 heavy (non-hydrogen) atoms. The fourth-order valence-corrected chi connectivity index (χ4v) is 4.93. The van der Waals surface area contributed by atoms with Crippen LogP contribution in [-0.4, -0.2) is 45.3 Å². The maximum absolute atomic E-state index is 5.46. The minimum Gasteiger partial charge on any atom is -0.442 e. The number of anilines is 1. The predicted octanol–water partition coefficient (Wildman–Crippen LogP) is 3.42. The highest BCUT2D eigenvalue weighted by Crippen LogP contribution is 2.43. The lowest BCUT2D eigenvalue weighted by Crippen LogP contribution is -2.42. The predicted molar refractivity (Wildman–Crippen MR) is 112 cm³/mol. The summed E-state index contributed by atoms with van der Waals surface area (Å²) in [7, 11) is 0. The maximum atomic E-state index is 5.46. The van der Waals surface area contributed by atoms with Crippen molar-refractivity contribution in [2.24, 2.45) is 0 Å². The Kier molecular flexibility index (Phi) is 4.12. The number of aromatic nitrogens is 8. The first-order valence-corrected chi connectivity index (χ1v) is 10.8. The summed E-state index contributed by atoms with van der Waals surface area (Å²) in [5.74, 6) is 4.28. The van der Waals surface area contributed by atoms with Gasteiger partial charge in [-0.15, -0.1) is 10.2 Å². The van der Waals surface area contributed by atoms with Crippen molar-refractivity contribution in [2.75, 3.05) is 4.90 Å². The molecule has 6 rings (SSSR count). The van der Waals surface area contributed by atoms with E-state index in [9.17, 15) is 0 Å². The van der Waals surface area contributed by atoms with Gasteiger partial charge in [0.25, 0.3) is 5.89 Å². The van der Waals surface area contributed by atoms with E-state index in [-0.39, 0.29) is 6.04 Å². The van der Waals surface area contributed by atoms with Crippen LogP contribution in [0.15, 0.2) is 35.5 Å². The third kappa shape index (κ3) is 2.70. The average Bonchev–Trinajstić information content (AvgIpc) is 3.59. The second-order valence-electron chi connectivity index (χ2n) is 8.05. The number of nitrogens with zero attached hydrogens (tertiary/aromatic N) is 9. The molecule has 0 spiro atoms. The van der Waals surface area contributed by atoms with Crippen LogP contribution in [0.1, 0.15) is 56.7 Å². The van der Waals surface area contributed by atoms with Gasteiger partial charge >= 0.3 is 0 Å². The molecule has 1 saturated carbocycles. The second kappa shape index (κ2) is 7.00. The molecule has 10 heteroatoms. The monoisotopic (exact) mass is 417 g/mol. The summed E-state index contributed by atoms with van der Waals surface area (Å²) in [6, 6.07) is 0.569. The zero-order valence-corrected chi connectivity index (χ0v) is 17.5. The van der Waals surface area contributed by atoms with E-state index in [1.807, 2.05) is 23.9 Å². The van der Waals surface area contributed by atoms with Crippen LogP contribution >= 0.6 is 0 Å². The molecule has 1 unspecified atom stereocenters. The standard InChI is InChI=1S/C21H23N9O/c1-3-15-18-27-26-13(2)29(18)16-12-24-21(25-17(16)30(15)14-6-4-5-7-14)28-10-8-22-19(28)20-23-9-11-31-20/h8-12,14-15H,3-7H2,1-2H3. The fourth-order valence-electron chi connectivity index (χ4n) is 4.93. The minimum atomic E-state index is 0.133. The lowest BCUT2D eigenvalue weighted by molar-refractivity contribution is 0.467. The molecule has 0 radical (unpaired) electrons. The third-order valence-corrected chi connectivity index (χ3v) is 6.29. The van der Waals surface area contributed by atoms with Crippen molar-refractivity contribution in [3.63, 3.8) is 0 Å². The highest BCUT2D eigenvalue weighted by Gasteiger charge is 2.39. The quantitative estimate of drug-likeness (QED) is 0.497. The van der Waals surface area contributed by atoms with Crippen molar-refractivity contribution in [1.82, 2.24) is 39.3 Å². The molecule has 1 aliphatic carbocycles. The molecule has 4 aromatic heterocycles. The van der Waals surface area contributed by atoms with Crippen molar-refractivity contribution >= 4 is 5.82 Å². The number of rotatable bonds is 4. The lowest BCUT2D eigenvalue weighted by Gasteiger charge is -2.41. The highest BCUT2D eigenvalue weighted by atomic mass is 16.3. The Morgan fingerprint density at radius 1 is 1.10 bits per heavy atom. The Morgan fingerprint density at radius 3 is 2.74 bits per heavy atom. The van der Waals surface area contributed by atoms with E-state index < -0.39 is 0 Å². The van der Waals surface area contributed by atoms with Gasteiger partial charge in [0.15, 0.2) is 11.6 Å². The van der Waals surface area contributed by atoms with Crippen molar-refractivity contribution in [1.29, 1.82) is 0 Å². The molecule has 1 fully saturated rings. The van der Waals surface area contributed by atoms with Gasteiger partial charge in [0.05, 0.1) is 18.4 Å². The van der Waals surface area contributed by atoms with Crippen molar-refractivity contribution < 1.29 is 4.42 Å². The third-order valence-electron chi connectivity index (χ3n) is 6.29. The maximum Gasteiger partial charge on any atom is 0.263 e. The molecule has 158 valence electrons. The van der Waals surface area contributed by atoms with Gasteiger partial charge < -0.3 is 9.32 Å². The van der Waals surface area contributed by atoms with Crippen LogP contribution in [-0.2, 0) is 0 Å². The molecule has 1 aliphatic heterocycles. The SMILES string of the molecule is CCC1c2nnc(C)n2-c2cnc(-n3ccnc3-c3ncco3)nc2N1C1CCCC1. The molecule has 0 saturated heterocycles. The molecule has 0 bridgehead atoms. The molecule has 1 atom stereocenters. The first-order valence-electron chi connectivity index (χ1n) is 10.8. The van der Waals surface area contributed by atoms with E-state index in [4.69, 9.17) is 9.40 Å². The van der Waals surface area contributed by atoms with E-state index in [1.54, 1.807) is 12.4 Å². The molecule has 0 N–H and O–H groups in total. The van der Waals surface area contributed by atoms with Gasteiger partial charge in [-0.05, 0) is 26.2 Å². The smallest absolute Gasteiger partial charge is 0.263 e. The summed E-state index contributed by atoms with van der Waals surface area (Å²) in [4.78, 5) is 20.8. The molecular formula is C21H23N9O. The zero-order chi connectivity index (χ0) is 20.9. The molecule has 2 aliphatic rings. The number of aryl methyl sites for hydroxylation is 1. The Bertz CT molecular complexity index is 1220. The van der Waals surface area contributed by atoms with Crippen LogP contribution < -0.4 is 4.90 Å². The molecule has 0 aromatic carbocycles. The number of oxazole rings is 1. The average molecular weight is 417 g/mol. The summed E-state index contributed by atoms with van der Waals surface area (Å²) >= 11 is 0. The van der Waals surface area contributed by atoms with E-state index in [2.05, 4.69) is 41.5 Å². The van der Waals surface area contributed by atoms with Gasteiger partial charge in [-0.3, -0.25) is 9.13 Å². The molecular weight excluding hydrogens is 394 g/mol. The molecule has 5 heterocycles. The van der Waals surface area contributed by atoms with Crippen LogP contribution in [0.25, 0.3) is 23.4 Å². The summed E-state index contributed by atoms with van der Waals surface area (Å²) in [5, 5.41) is 8.90. The van der Waals surface area contributed by atoms with E-state index >= 15 is 0 Å². The van der Waals surface area contributed by atoms with Crippen LogP contribution in [0.3, 0.4) is 0 Å². The number of hydrogen-bond donors (Lipinski definition) is 0. The molecule has 0 amide bonds. The van der Waals surface area contributed by atoms with Gasteiger partial charge in [-0.25, -0.2) is 15.0 Å². The number of fused-ring (bicyclic) bond motifs is 3. The zero-order valence-electron chi connectivity index (χ0n) is 17.5. The Labute approximate surface area is 179 Å². The normalized spacial score (nSPS) is 18.4. The van der Waals surface area contributed by atoms with Crippen molar-refractivity contribution in [3.8, 4) is 23.4 Å². The first-order chi connectivity index (χ1) is 15.3. The van der Waals surface area contributed by atoms with Gasteiger partial charge in [0.2, 0.25) is 11.8 Å². The van der Waals surface area contributed by atoms with Gasteiger partial charge in [0.1, 0.15) is 17.8 Å². The van der Waals surface area contributed by atoms with Gasteiger partial charge in [-0.2, -0.15) is 4.98 Å². The van der Waals surface area contributed by atoms with E-state index in [1.165, 1.54) is 19.1 Å². The summed E-state index contributed by atoms with van der Waals surface area (Å²) < 4.78 is 9.37. The summed E-state index contributed by atoms with van der Waals surface area (Å²) in [6.07, 6.45) is 14.3. The van der Waals surface area contributed by atoms with E-state index in [0.29, 0.717) is 23.7 Å². The minimum absolute atomic E-state index is 0.133. The van der Waals surface area contributed by atoms with Gasteiger partial charge in [0, 0.05) is 18.4 Å². The van der Waals surface area contributed by atoms with E-state index in [0.717, 1.165) is 42.4 Å². The van der Waals surface area contributed by atoms with Gasteiger partial charge in [-0.1, -0.05) is 19.8 Å². The lowest BCUT2D eigenvalue weighted by atomic mass is 10.0. The molecule has 4 aromatic rings. The largest absolute Gasteiger partial charge is 0.442 e. The van der Waals surface area contributed by atoms with Crippen LogP contribution in [0.4, 0.5) is 5.82 Å². The Balaban J connectivity index is 1.54. The summed E-state index contributed by atoms with van der Waals surface area (Å²) in [6.45, 7) is 4.17. The van der Waals surface area contributed by atoms with Crippen LogP contribution in [0.2, 0.25) is 0 Å². The number of imidazole rings is 1. The number of hydrogen-bond acceptors (Lipinski definition) is 8.